The van der Waals surface area contributed by atoms with Crippen molar-refractivity contribution in [3.05, 3.63) is 167 Å². The smallest absolute Gasteiger partial charge is 0.264 e. The first-order valence-electron chi connectivity index (χ1n) is 21.5. The van der Waals surface area contributed by atoms with Gasteiger partial charge in [-0.3, -0.25) is 0 Å². The summed E-state index contributed by atoms with van der Waals surface area (Å²) in [4.78, 5) is 6.67. The summed E-state index contributed by atoms with van der Waals surface area (Å²) >= 11 is 2.03. The largest absolute Gasteiger partial charge is 0.310 e. The third kappa shape index (κ3) is 6.05. The third-order valence-corrected chi connectivity index (χ3v) is 14.4. The number of hydrogen-bond donors (Lipinski definition) is 0. The number of aryl methyl sites for hydroxylation is 1. The van der Waals surface area contributed by atoms with Crippen molar-refractivity contribution >= 4 is 74.0 Å². The number of hydrogen-bond acceptors (Lipinski definition) is 3. The molecule has 2 nitrogen and oxygen atoms in total. The quantitative estimate of drug-likeness (QED) is 0.160. The maximum atomic E-state index is 2.65. The van der Waals surface area contributed by atoms with Crippen LogP contribution in [0.1, 0.15) is 82.9 Å². The van der Waals surface area contributed by atoms with Crippen molar-refractivity contribution < 1.29 is 0 Å². The monoisotopic (exact) mass is 784 g/mol. The van der Waals surface area contributed by atoms with E-state index in [1.54, 1.807) is 0 Å². The fourth-order valence-electron chi connectivity index (χ4n) is 10.3. The van der Waals surface area contributed by atoms with Gasteiger partial charge in [0.1, 0.15) is 0 Å². The van der Waals surface area contributed by atoms with Gasteiger partial charge >= 0.3 is 0 Å². The first kappa shape index (κ1) is 37.7. The van der Waals surface area contributed by atoms with E-state index in [4.69, 9.17) is 0 Å². The highest BCUT2D eigenvalue weighted by Crippen LogP contribution is 2.54. The van der Waals surface area contributed by atoms with Crippen LogP contribution in [0, 0.1) is 11.3 Å². The Balaban J connectivity index is 1.30. The van der Waals surface area contributed by atoms with Crippen LogP contribution in [-0.4, -0.2) is 6.71 Å². The first-order valence-corrected chi connectivity index (χ1v) is 22.3. The highest BCUT2D eigenvalue weighted by molar-refractivity contribution is 7.29. The Labute approximate surface area is 356 Å². The van der Waals surface area contributed by atoms with Crippen LogP contribution in [-0.2, 0) is 11.8 Å². The van der Waals surface area contributed by atoms with Crippen LogP contribution in [0.25, 0.3) is 28.3 Å². The predicted molar refractivity (Wildman–Crippen MR) is 258 cm³/mol. The lowest BCUT2D eigenvalue weighted by atomic mass is 9.36. The Morgan fingerprint density at radius 1 is 0.627 bits per heavy atom. The summed E-state index contributed by atoms with van der Waals surface area (Å²) in [7, 11) is 0. The Morgan fingerprint density at radius 3 is 1.83 bits per heavy atom. The standard InChI is InChI=1S/C55H53BN2S/c1-9-36-26-32-45-44(34-36)56-50-46(24-17-25-47(50)58(45)51-41(37-18-12-10-13-19-37)22-16-23-42(51)38-20-14-11-15-21-38)57(40-29-27-39(28-30-40)54(3,4)5)52-49-35(2)43(55(6,7)8)31-33-48(49)59-53(52)56/h10-35,43H,9H2,1-8H3. The minimum atomic E-state index is 0.0627. The van der Waals surface area contributed by atoms with Gasteiger partial charge < -0.3 is 9.80 Å². The topological polar surface area (TPSA) is 6.48 Å². The molecular weight excluding hydrogens is 731 g/mol. The normalized spacial score (nSPS) is 16.7. The fraction of sp³-hybridized carbons (Fsp3) is 0.236. The van der Waals surface area contributed by atoms with E-state index < -0.39 is 0 Å². The van der Waals surface area contributed by atoms with E-state index in [0.717, 1.165) is 6.42 Å². The van der Waals surface area contributed by atoms with Gasteiger partial charge in [0.25, 0.3) is 6.71 Å². The van der Waals surface area contributed by atoms with Crippen LogP contribution < -0.4 is 25.5 Å². The molecule has 2 unspecified atom stereocenters. The SMILES string of the molecule is CCc1ccc2c(c1)B1c3sc4c(c3N(c3ccc(C(C)(C)C)cc3)c3cccc(c31)N2c1c(-c2ccccc2)cccc1-c1ccccc1)C(C)C(C(C)(C)C)C=C4. The lowest BCUT2D eigenvalue weighted by Gasteiger charge is -2.45. The molecule has 0 saturated heterocycles. The average Bonchev–Trinajstić information content (AvgIpc) is 3.63. The Bertz CT molecular complexity index is 2690. The molecular formula is C55H53BN2S. The molecule has 2 aliphatic heterocycles. The number of para-hydroxylation sites is 1. The second kappa shape index (κ2) is 14.0. The zero-order chi connectivity index (χ0) is 40.8. The molecule has 4 heteroatoms. The number of allylic oxidation sites excluding steroid dienone is 1. The molecule has 0 fully saturated rings. The van der Waals surface area contributed by atoms with Gasteiger partial charge in [-0.15, -0.1) is 11.3 Å². The molecule has 0 radical (unpaired) electrons. The molecule has 0 amide bonds. The second-order valence-electron chi connectivity index (χ2n) is 18.9. The molecule has 0 bridgehead atoms. The molecule has 0 spiro atoms. The molecule has 1 aromatic heterocycles. The number of anilines is 6. The van der Waals surface area contributed by atoms with Crippen molar-refractivity contribution in [1.29, 1.82) is 0 Å². The lowest BCUT2D eigenvalue weighted by Crippen LogP contribution is -2.60. The summed E-state index contributed by atoms with van der Waals surface area (Å²) in [6.07, 6.45) is 5.95. The highest BCUT2D eigenvalue weighted by Gasteiger charge is 2.48. The number of fused-ring (bicyclic) bond motifs is 6. The summed E-state index contributed by atoms with van der Waals surface area (Å²) in [5.74, 6) is 0.794. The summed E-state index contributed by atoms with van der Waals surface area (Å²) in [6.45, 7) is 19.0. The van der Waals surface area contributed by atoms with E-state index in [1.165, 1.54) is 93.6 Å². The van der Waals surface area contributed by atoms with E-state index in [9.17, 15) is 0 Å². The molecule has 10 rings (SSSR count). The minimum absolute atomic E-state index is 0.0627. The van der Waals surface area contributed by atoms with Gasteiger partial charge in [-0.25, -0.2) is 0 Å². The highest BCUT2D eigenvalue weighted by atomic mass is 32.1. The predicted octanol–water partition coefficient (Wildman–Crippen LogP) is 13.8. The fourth-order valence-corrected chi connectivity index (χ4v) is 11.7. The number of thiophene rings is 1. The van der Waals surface area contributed by atoms with Gasteiger partial charge in [0.2, 0.25) is 0 Å². The van der Waals surface area contributed by atoms with Crippen molar-refractivity contribution in [1.82, 2.24) is 0 Å². The number of nitrogens with zero attached hydrogens (tertiary/aromatic N) is 2. The van der Waals surface area contributed by atoms with Crippen molar-refractivity contribution in [3.63, 3.8) is 0 Å². The molecule has 1 aliphatic carbocycles. The summed E-state index contributed by atoms with van der Waals surface area (Å²) in [6, 6.07) is 52.6. The molecule has 292 valence electrons. The van der Waals surface area contributed by atoms with E-state index in [2.05, 4.69) is 217 Å². The van der Waals surface area contributed by atoms with Gasteiger partial charge in [-0.05, 0) is 104 Å². The van der Waals surface area contributed by atoms with Crippen LogP contribution in [0.2, 0.25) is 0 Å². The molecule has 0 saturated carbocycles. The Hall–Kier alpha value is -5.58. The van der Waals surface area contributed by atoms with Crippen molar-refractivity contribution in [2.75, 3.05) is 9.80 Å². The van der Waals surface area contributed by atoms with Gasteiger partial charge in [-0.1, -0.05) is 171 Å². The van der Waals surface area contributed by atoms with Crippen LogP contribution in [0.5, 0.6) is 0 Å². The first-order chi connectivity index (χ1) is 28.4. The molecule has 3 aliphatic rings. The number of rotatable bonds is 5. The van der Waals surface area contributed by atoms with E-state index in [1.807, 2.05) is 11.3 Å². The van der Waals surface area contributed by atoms with E-state index >= 15 is 0 Å². The third-order valence-electron chi connectivity index (χ3n) is 13.2. The minimum Gasteiger partial charge on any atom is -0.310 e. The zero-order valence-corrected chi connectivity index (χ0v) is 36.5. The molecule has 7 aromatic rings. The van der Waals surface area contributed by atoms with Gasteiger partial charge in [0, 0.05) is 43.5 Å². The molecule has 0 N–H and O–H groups in total. The van der Waals surface area contributed by atoms with Gasteiger partial charge in [0.05, 0.1) is 11.4 Å². The van der Waals surface area contributed by atoms with E-state index in [0.29, 0.717) is 11.8 Å². The van der Waals surface area contributed by atoms with Crippen LogP contribution in [0.3, 0.4) is 0 Å². The van der Waals surface area contributed by atoms with Crippen molar-refractivity contribution in [2.45, 2.75) is 73.1 Å². The molecule has 3 heterocycles. The summed E-state index contributed by atoms with van der Waals surface area (Å²) in [5.41, 5.74) is 19.6. The average molecular weight is 785 g/mol. The number of benzene rings is 6. The lowest BCUT2D eigenvalue weighted by molar-refractivity contribution is 0.259. The Morgan fingerprint density at radius 2 is 1.24 bits per heavy atom. The van der Waals surface area contributed by atoms with Crippen LogP contribution in [0.15, 0.2) is 146 Å². The maximum Gasteiger partial charge on any atom is 0.264 e. The van der Waals surface area contributed by atoms with Gasteiger partial charge in [-0.2, -0.15) is 0 Å². The van der Waals surface area contributed by atoms with Crippen LogP contribution in [0.4, 0.5) is 34.1 Å². The molecule has 6 aromatic carbocycles. The maximum absolute atomic E-state index is 2.65. The summed E-state index contributed by atoms with van der Waals surface area (Å²) < 4.78 is 1.45. The Kier molecular flexibility index (Phi) is 8.96. The van der Waals surface area contributed by atoms with Crippen LogP contribution >= 0.6 is 11.3 Å². The van der Waals surface area contributed by atoms with Gasteiger partial charge in [0.15, 0.2) is 0 Å². The molecule has 2 atom stereocenters. The van der Waals surface area contributed by atoms with Crippen molar-refractivity contribution in [3.8, 4) is 22.3 Å². The van der Waals surface area contributed by atoms with E-state index in [-0.39, 0.29) is 17.5 Å². The zero-order valence-electron chi connectivity index (χ0n) is 35.7. The summed E-state index contributed by atoms with van der Waals surface area (Å²) in [5, 5.41) is 0. The second-order valence-corrected chi connectivity index (χ2v) is 20.0. The molecule has 59 heavy (non-hydrogen) atoms. The van der Waals surface area contributed by atoms with Crippen molar-refractivity contribution in [2.24, 2.45) is 11.3 Å².